The molecule has 0 spiro atoms. The predicted molar refractivity (Wildman–Crippen MR) is 82.5 cm³/mol. The monoisotopic (exact) mass is 286 g/mol. The maximum Gasteiger partial charge on any atom is 0.261 e. The van der Waals surface area contributed by atoms with Gasteiger partial charge in [0.2, 0.25) is 0 Å². The predicted octanol–water partition coefficient (Wildman–Crippen LogP) is 3.15. The second-order valence-corrected chi connectivity index (χ2v) is 6.49. The van der Waals surface area contributed by atoms with E-state index in [9.17, 15) is 9.59 Å². The molecule has 4 heteroatoms. The van der Waals surface area contributed by atoms with E-state index in [-0.39, 0.29) is 11.8 Å². The fraction of sp³-hybridized carbons (Fsp3) is 0.529. The molecule has 1 saturated carbocycles. The number of rotatable bonds is 2. The molecule has 1 heterocycles. The van der Waals surface area contributed by atoms with Crippen molar-refractivity contribution in [3.05, 3.63) is 29.3 Å². The molecule has 3 rings (SSSR count). The van der Waals surface area contributed by atoms with Crippen molar-refractivity contribution in [1.82, 2.24) is 4.90 Å². The minimum atomic E-state index is -0.207. The highest BCUT2D eigenvalue weighted by atomic mass is 16.2. The van der Waals surface area contributed by atoms with Gasteiger partial charge in [0.05, 0.1) is 11.1 Å². The maximum absolute atomic E-state index is 12.1. The van der Waals surface area contributed by atoms with Crippen LogP contribution < -0.4 is 5.32 Å². The summed E-state index contributed by atoms with van der Waals surface area (Å²) in [7, 11) is 1.53. The summed E-state index contributed by atoms with van der Waals surface area (Å²) < 4.78 is 0. The molecule has 0 aromatic heterocycles. The molecule has 2 unspecified atom stereocenters. The summed E-state index contributed by atoms with van der Waals surface area (Å²) in [6.45, 7) is 4.56. The van der Waals surface area contributed by atoms with Gasteiger partial charge in [-0.05, 0) is 42.9 Å². The van der Waals surface area contributed by atoms with E-state index < -0.39 is 0 Å². The minimum absolute atomic E-state index is 0.205. The highest BCUT2D eigenvalue weighted by molar-refractivity contribution is 6.21. The van der Waals surface area contributed by atoms with Crippen LogP contribution in [-0.4, -0.2) is 29.8 Å². The van der Waals surface area contributed by atoms with E-state index in [1.54, 1.807) is 6.07 Å². The molecule has 2 aliphatic rings. The molecule has 1 fully saturated rings. The number of hydrogen-bond donors (Lipinski definition) is 1. The second-order valence-electron chi connectivity index (χ2n) is 6.49. The van der Waals surface area contributed by atoms with Crippen LogP contribution in [0.15, 0.2) is 18.2 Å². The Hall–Kier alpha value is -1.84. The first-order valence-electron chi connectivity index (χ1n) is 7.72. The summed E-state index contributed by atoms with van der Waals surface area (Å²) in [5, 5.41) is 3.58. The second kappa shape index (κ2) is 5.17. The molecule has 1 aromatic rings. The summed E-state index contributed by atoms with van der Waals surface area (Å²) in [5.41, 5.74) is 1.97. The van der Waals surface area contributed by atoms with Crippen molar-refractivity contribution in [3.63, 3.8) is 0 Å². The third-order valence-electron chi connectivity index (χ3n) is 4.97. The molecule has 112 valence electrons. The summed E-state index contributed by atoms with van der Waals surface area (Å²) in [5.74, 6) is 0.841. The van der Waals surface area contributed by atoms with E-state index in [1.807, 2.05) is 12.1 Å². The highest BCUT2D eigenvalue weighted by Gasteiger charge is 2.33. The Labute approximate surface area is 125 Å². The fourth-order valence-corrected chi connectivity index (χ4v) is 3.61. The molecular weight excluding hydrogens is 264 g/mol. The van der Waals surface area contributed by atoms with Crippen molar-refractivity contribution in [3.8, 4) is 0 Å². The van der Waals surface area contributed by atoms with Crippen LogP contribution in [0.1, 0.15) is 53.8 Å². The van der Waals surface area contributed by atoms with Gasteiger partial charge in [-0.15, -0.1) is 0 Å². The van der Waals surface area contributed by atoms with Gasteiger partial charge in [-0.25, -0.2) is 0 Å². The van der Waals surface area contributed by atoms with Gasteiger partial charge in [0.1, 0.15) is 0 Å². The zero-order chi connectivity index (χ0) is 15.1. The number of fused-ring (bicyclic) bond motifs is 1. The molecule has 1 aliphatic heterocycles. The van der Waals surface area contributed by atoms with Gasteiger partial charge in [0, 0.05) is 18.8 Å². The largest absolute Gasteiger partial charge is 0.382 e. The molecule has 2 atom stereocenters. The van der Waals surface area contributed by atoms with Crippen molar-refractivity contribution >= 4 is 17.5 Å². The average Bonchev–Trinajstić information content (AvgIpc) is 2.68. The van der Waals surface area contributed by atoms with Gasteiger partial charge in [0.25, 0.3) is 11.8 Å². The number of carbonyl (C=O) groups excluding carboxylic acids is 2. The van der Waals surface area contributed by atoms with Crippen LogP contribution in [0.4, 0.5) is 5.69 Å². The smallest absolute Gasteiger partial charge is 0.261 e. The van der Waals surface area contributed by atoms with Crippen LogP contribution >= 0.6 is 0 Å². The number of amides is 2. The van der Waals surface area contributed by atoms with Crippen LogP contribution in [-0.2, 0) is 0 Å². The van der Waals surface area contributed by atoms with E-state index in [1.165, 1.54) is 31.2 Å². The van der Waals surface area contributed by atoms with Crippen molar-refractivity contribution in [2.75, 3.05) is 12.4 Å². The molecular formula is C17H22N2O2. The average molecular weight is 286 g/mol. The summed E-state index contributed by atoms with van der Waals surface area (Å²) in [6, 6.07) is 5.94. The molecule has 4 nitrogen and oxygen atoms in total. The van der Waals surface area contributed by atoms with Crippen LogP contribution in [0.2, 0.25) is 0 Å². The number of benzene rings is 1. The van der Waals surface area contributed by atoms with E-state index in [4.69, 9.17) is 0 Å². The third-order valence-corrected chi connectivity index (χ3v) is 4.97. The third kappa shape index (κ3) is 2.33. The van der Waals surface area contributed by atoms with Crippen LogP contribution in [0.5, 0.6) is 0 Å². The number of hydrogen-bond acceptors (Lipinski definition) is 3. The van der Waals surface area contributed by atoms with Crippen molar-refractivity contribution in [1.29, 1.82) is 0 Å². The van der Waals surface area contributed by atoms with Gasteiger partial charge in [-0.2, -0.15) is 0 Å². The Kier molecular flexibility index (Phi) is 3.47. The van der Waals surface area contributed by atoms with Gasteiger partial charge < -0.3 is 5.32 Å². The van der Waals surface area contributed by atoms with E-state index in [0.717, 1.165) is 5.69 Å². The molecule has 1 N–H and O–H groups in total. The summed E-state index contributed by atoms with van der Waals surface area (Å²) in [4.78, 5) is 25.1. The van der Waals surface area contributed by atoms with Crippen LogP contribution in [0, 0.1) is 11.8 Å². The van der Waals surface area contributed by atoms with E-state index in [2.05, 4.69) is 19.2 Å². The lowest BCUT2D eigenvalue weighted by atomic mass is 9.78. The Balaban J connectivity index is 1.85. The molecule has 1 aliphatic carbocycles. The molecule has 21 heavy (non-hydrogen) atoms. The van der Waals surface area contributed by atoms with Gasteiger partial charge in [-0.3, -0.25) is 14.5 Å². The lowest BCUT2D eigenvalue weighted by Crippen LogP contribution is -2.37. The topological polar surface area (TPSA) is 49.4 Å². The number of anilines is 1. The number of imide groups is 1. The summed E-state index contributed by atoms with van der Waals surface area (Å²) >= 11 is 0. The number of nitrogens with one attached hydrogen (secondary N) is 1. The first-order chi connectivity index (χ1) is 9.99. The zero-order valence-electron chi connectivity index (χ0n) is 12.8. The molecule has 0 bridgehead atoms. The Morgan fingerprint density at radius 3 is 2.33 bits per heavy atom. The van der Waals surface area contributed by atoms with E-state index in [0.29, 0.717) is 29.0 Å². The fourth-order valence-electron chi connectivity index (χ4n) is 3.61. The Morgan fingerprint density at radius 1 is 1.05 bits per heavy atom. The van der Waals surface area contributed by atoms with E-state index >= 15 is 0 Å². The molecule has 0 radical (unpaired) electrons. The van der Waals surface area contributed by atoms with Crippen LogP contribution in [0.3, 0.4) is 0 Å². The van der Waals surface area contributed by atoms with Crippen molar-refractivity contribution in [2.45, 2.75) is 39.2 Å². The van der Waals surface area contributed by atoms with Gasteiger partial charge in [-0.1, -0.05) is 20.3 Å². The molecule has 0 saturated heterocycles. The van der Waals surface area contributed by atoms with Gasteiger partial charge in [0.15, 0.2) is 0 Å². The van der Waals surface area contributed by atoms with Crippen LogP contribution in [0.25, 0.3) is 0 Å². The normalized spacial score (nSPS) is 28.7. The lowest BCUT2D eigenvalue weighted by molar-refractivity contribution is 0.0693. The minimum Gasteiger partial charge on any atom is -0.382 e. The van der Waals surface area contributed by atoms with Crippen molar-refractivity contribution in [2.24, 2.45) is 11.8 Å². The first kappa shape index (κ1) is 14.1. The molecule has 1 aromatic carbocycles. The maximum atomic E-state index is 12.1. The zero-order valence-corrected chi connectivity index (χ0v) is 12.8. The van der Waals surface area contributed by atoms with Crippen molar-refractivity contribution < 1.29 is 9.59 Å². The number of nitrogens with zero attached hydrogens (tertiary/aromatic N) is 1. The summed E-state index contributed by atoms with van der Waals surface area (Å²) in [6.07, 6.45) is 3.78. The SMILES string of the molecule is CC1CCCC(C)C1Nc1ccc2c(c1)C(=O)N(C)C2=O. The lowest BCUT2D eigenvalue weighted by Gasteiger charge is -2.36. The quantitative estimate of drug-likeness (QED) is 0.850. The highest BCUT2D eigenvalue weighted by Crippen LogP contribution is 2.32. The standard InChI is InChI=1S/C17H22N2O2/c1-10-5-4-6-11(2)15(10)18-12-7-8-13-14(9-12)17(21)19(3)16(13)20/h7-11,15,18H,4-6H2,1-3H3. The van der Waals surface area contributed by atoms with Gasteiger partial charge >= 0.3 is 0 Å². The molecule has 2 amide bonds. The Morgan fingerprint density at radius 2 is 1.67 bits per heavy atom. The Bertz CT molecular complexity index is 586. The number of carbonyl (C=O) groups is 2. The first-order valence-corrected chi connectivity index (χ1v) is 7.72.